The lowest BCUT2D eigenvalue weighted by atomic mass is 10.1. The van der Waals surface area contributed by atoms with Gasteiger partial charge in [0.25, 0.3) is 5.91 Å². The summed E-state index contributed by atoms with van der Waals surface area (Å²) in [6.45, 7) is 2.25. The number of hydrogen-bond donors (Lipinski definition) is 1. The second kappa shape index (κ2) is 12.2. The van der Waals surface area contributed by atoms with Crippen molar-refractivity contribution < 1.29 is 28.5 Å². The average molecular weight is 499 g/mol. The molecule has 0 aromatic heterocycles. The van der Waals surface area contributed by atoms with Crippen LogP contribution < -0.4 is 24.4 Å². The molecular formula is C29H26N2O6. The van der Waals surface area contributed by atoms with Crippen LogP contribution in [-0.4, -0.2) is 38.4 Å². The Morgan fingerprint density at radius 1 is 0.838 bits per heavy atom. The Hall–Kier alpha value is -4.85. The molecule has 0 aliphatic heterocycles. The highest BCUT2D eigenvalue weighted by molar-refractivity contribution is 5.92. The fraction of sp³-hybridized carbons (Fsp3) is 0.138. The molecule has 0 heterocycles. The maximum atomic E-state index is 12.5. The van der Waals surface area contributed by atoms with Crippen LogP contribution in [0.1, 0.15) is 22.8 Å². The maximum absolute atomic E-state index is 12.5. The molecule has 4 rings (SSSR count). The number of amides is 1. The number of carbonyl (C=O) groups excluding carboxylic acids is 2. The zero-order chi connectivity index (χ0) is 26.0. The number of benzene rings is 4. The van der Waals surface area contributed by atoms with Crippen LogP contribution in [0.2, 0.25) is 0 Å². The van der Waals surface area contributed by atoms with Gasteiger partial charge in [-0.2, -0.15) is 5.10 Å². The molecule has 0 aliphatic carbocycles. The normalized spacial score (nSPS) is 10.8. The van der Waals surface area contributed by atoms with Crippen LogP contribution in [0, 0.1) is 0 Å². The molecule has 37 heavy (non-hydrogen) atoms. The third-order valence-corrected chi connectivity index (χ3v) is 5.29. The number of esters is 1. The summed E-state index contributed by atoms with van der Waals surface area (Å²) in [4.78, 5) is 24.6. The molecule has 0 unspecified atom stereocenters. The first-order valence-electron chi connectivity index (χ1n) is 11.6. The van der Waals surface area contributed by atoms with Gasteiger partial charge < -0.3 is 18.9 Å². The van der Waals surface area contributed by atoms with Gasteiger partial charge in [-0.1, -0.05) is 30.3 Å². The summed E-state index contributed by atoms with van der Waals surface area (Å²) in [6, 6.07) is 25.1. The molecule has 1 amide bonds. The minimum Gasteiger partial charge on any atom is -0.494 e. The molecule has 0 spiro atoms. The first-order valence-corrected chi connectivity index (χ1v) is 11.6. The molecule has 0 aliphatic rings. The van der Waals surface area contributed by atoms with Gasteiger partial charge in [0, 0.05) is 0 Å². The molecule has 8 heteroatoms. The van der Waals surface area contributed by atoms with Gasteiger partial charge in [0.05, 0.1) is 25.5 Å². The SMILES string of the molecule is CCOc1ccc(C(=O)Oc2ccc(/C=N/NC(=O)COc3ccc4ccccc4c3)cc2OC)cc1. The number of rotatable bonds is 10. The second-order valence-corrected chi connectivity index (χ2v) is 7.85. The number of nitrogens with one attached hydrogen (secondary N) is 1. The Morgan fingerprint density at radius 3 is 2.35 bits per heavy atom. The summed E-state index contributed by atoms with van der Waals surface area (Å²) < 4.78 is 21.8. The van der Waals surface area contributed by atoms with Crippen LogP contribution in [0.25, 0.3) is 10.8 Å². The number of carbonyl (C=O) groups is 2. The molecule has 0 atom stereocenters. The van der Waals surface area contributed by atoms with E-state index in [0.717, 1.165) is 10.8 Å². The topological polar surface area (TPSA) is 95.5 Å². The van der Waals surface area contributed by atoms with Gasteiger partial charge in [0.15, 0.2) is 18.1 Å². The van der Waals surface area contributed by atoms with E-state index in [1.807, 2.05) is 49.4 Å². The zero-order valence-corrected chi connectivity index (χ0v) is 20.5. The predicted octanol–water partition coefficient (Wildman–Crippen LogP) is 5.00. The highest BCUT2D eigenvalue weighted by atomic mass is 16.6. The van der Waals surface area contributed by atoms with E-state index in [9.17, 15) is 9.59 Å². The average Bonchev–Trinajstić information content (AvgIpc) is 2.93. The van der Waals surface area contributed by atoms with Crippen molar-refractivity contribution in [1.82, 2.24) is 5.43 Å². The van der Waals surface area contributed by atoms with Gasteiger partial charge in [-0.15, -0.1) is 0 Å². The van der Waals surface area contributed by atoms with Crippen molar-refractivity contribution in [2.24, 2.45) is 5.10 Å². The van der Waals surface area contributed by atoms with E-state index in [0.29, 0.717) is 35.0 Å². The largest absolute Gasteiger partial charge is 0.494 e. The number of hydrogen-bond acceptors (Lipinski definition) is 7. The summed E-state index contributed by atoms with van der Waals surface area (Å²) in [5.41, 5.74) is 3.44. The van der Waals surface area contributed by atoms with Crippen molar-refractivity contribution in [1.29, 1.82) is 0 Å². The van der Waals surface area contributed by atoms with E-state index in [-0.39, 0.29) is 12.4 Å². The molecular weight excluding hydrogens is 472 g/mol. The van der Waals surface area contributed by atoms with Crippen molar-refractivity contribution >= 4 is 28.9 Å². The summed E-state index contributed by atoms with van der Waals surface area (Å²) in [5.74, 6) is 0.935. The zero-order valence-electron chi connectivity index (χ0n) is 20.5. The van der Waals surface area contributed by atoms with Crippen LogP contribution in [0.3, 0.4) is 0 Å². The fourth-order valence-electron chi connectivity index (χ4n) is 3.48. The first kappa shape index (κ1) is 25.2. The van der Waals surface area contributed by atoms with Crippen LogP contribution in [0.5, 0.6) is 23.0 Å². The highest BCUT2D eigenvalue weighted by Crippen LogP contribution is 2.28. The molecule has 0 fully saturated rings. The number of nitrogens with zero attached hydrogens (tertiary/aromatic N) is 1. The molecule has 0 saturated heterocycles. The Kier molecular flexibility index (Phi) is 8.33. The molecule has 1 N–H and O–H groups in total. The van der Waals surface area contributed by atoms with Crippen molar-refractivity contribution in [3.05, 3.63) is 96.1 Å². The second-order valence-electron chi connectivity index (χ2n) is 7.85. The number of fused-ring (bicyclic) bond motifs is 1. The lowest BCUT2D eigenvalue weighted by molar-refractivity contribution is -0.123. The van der Waals surface area contributed by atoms with Crippen molar-refractivity contribution in [3.8, 4) is 23.0 Å². The minimum absolute atomic E-state index is 0.181. The fourth-order valence-corrected chi connectivity index (χ4v) is 3.48. The van der Waals surface area contributed by atoms with E-state index in [1.54, 1.807) is 42.5 Å². The van der Waals surface area contributed by atoms with Gasteiger partial charge in [-0.3, -0.25) is 4.79 Å². The lowest BCUT2D eigenvalue weighted by Crippen LogP contribution is -2.24. The van der Waals surface area contributed by atoms with Gasteiger partial charge in [-0.25, -0.2) is 10.2 Å². The Balaban J connectivity index is 1.31. The number of ether oxygens (including phenoxy) is 4. The minimum atomic E-state index is -0.526. The van der Waals surface area contributed by atoms with Gasteiger partial charge in [0.1, 0.15) is 11.5 Å². The Bertz CT molecular complexity index is 1420. The quantitative estimate of drug-likeness (QED) is 0.143. The number of hydrazone groups is 1. The molecule has 0 saturated carbocycles. The van der Waals surface area contributed by atoms with E-state index in [1.165, 1.54) is 13.3 Å². The van der Waals surface area contributed by atoms with Crippen molar-refractivity contribution in [2.45, 2.75) is 6.92 Å². The van der Waals surface area contributed by atoms with Crippen LogP contribution in [0.15, 0.2) is 90.0 Å². The smallest absolute Gasteiger partial charge is 0.343 e. The molecule has 4 aromatic rings. The molecule has 188 valence electrons. The standard InChI is InChI=1S/C29H26N2O6/c1-3-35-24-12-10-22(11-13-24)29(33)37-26-15-8-20(16-27(26)34-2)18-30-31-28(32)19-36-25-14-9-21-6-4-5-7-23(21)17-25/h4-18H,3,19H2,1-2H3,(H,31,32)/b30-18+. The third kappa shape index (κ3) is 6.85. The lowest BCUT2D eigenvalue weighted by Gasteiger charge is -2.10. The molecule has 4 aromatic carbocycles. The monoisotopic (exact) mass is 498 g/mol. The van der Waals surface area contributed by atoms with Crippen LogP contribution in [0.4, 0.5) is 0 Å². The van der Waals surface area contributed by atoms with Gasteiger partial charge in [-0.05, 0) is 77.9 Å². The van der Waals surface area contributed by atoms with E-state index >= 15 is 0 Å². The van der Waals surface area contributed by atoms with Crippen molar-refractivity contribution in [2.75, 3.05) is 20.3 Å². The van der Waals surface area contributed by atoms with E-state index < -0.39 is 11.9 Å². The van der Waals surface area contributed by atoms with Gasteiger partial charge in [0.2, 0.25) is 0 Å². The molecule has 8 nitrogen and oxygen atoms in total. The number of methoxy groups -OCH3 is 1. The molecule has 0 radical (unpaired) electrons. The first-order chi connectivity index (χ1) is 18.1. The van der Waals surface area contributed by atoms with Crippen LogP contribution >= 0.6 is 0 Å². The summed E-state index contributed by atoms with van der Waals surface area (Å²) in [7, 11) is 1.47. The van der Waals surface area contributed by atoms with E-state index in [2.05, 4.69) is 10.5 Å². The highest BCUT2D eigenvalue weighted by Gasteiger charge is 2.13. The Labute approximate surface area is 214 Å². The summed E-state index contributed by atoms with van der Waals surface area (Å²) in [5, 5.41) is 6.08. The van der Waals surface area contributed by atoms with Crippen LogP contribution in [-0.2, 0) is 4.79 Å². The third-order valence-electron chi connectivity index (χ3n) is 5.29. The maximum Gasteiger partial charge on any atom is 0.343 e. The van der Waals surface area contributed by atoms with Crippen molar-refractivity contribution in [3.63, 3.8) is 0 Å². The van der Waals surface area contributed by atoms with E-state index in [4.69, 9.17) is 18.9 Å². The predicted molar refractivity (Wildman–Crippen MR) is 141 cm³/mol. The van der Waals surface area contributed by atoms with Gasteiger partial charge >= 0.3 is 5.97 Å². The Morgan fingerprint density at radius 2 is 1.59 bits per heavy atom. The summed E-state index contributed by atoms with van der Waals surface area (Å²) in [6.07, 6.45) is 1.45. The summed E-state index contributed by atoms with van der Waals surface area (Å²) >= 11 is 0. The molecule has 0 bridgehead atoms.